The number of Topliss-reactive ketones (excluding diaryl/α,β-unsaturated/α-hetero) is 1. The molecule has 0 saturated carbocycles. The minimum absolute atomic E-state index is 0.293. The van der Waals surface area contributed by atoms with Gasteiger partial charge in [0.2, 0.25) is 6.10 Å². The van der Waals surface area contributed by atoms with Crippen molar-refractivity contribution in [1.82, 2.24) is 0 Å². The van der Waals surface area contributed by atoms with Crippen molar-refractivity contribution in [2.75, 3.05) is 0 Å². The van der Waals surface area contributed by atoms with Crippen molar-refractivity contribution in [3.63, 3.8) is 0 Å². The Bertz CT molecular complexity index is 404. The predicted octanol–water partition coefficient (Wildman–Crippen LogP) is 2.39. The molecular formula is C13H15FO3. The summed E-state index contributed by atoms with van der Waals surface area (Å²) in [5, 5.41) is 0. The van der Waals surface area contributed by atoms with Gasteiger partial charge in [0, 0.05) is 5.41 Å². The molecule has 1 aromatic rings. The van der Waals surface area contributed by atoms with Crippen LogP contribution >= 0.6 is 0 Å². The van der Waals surface area contributed by atoms with E-state index in [1.807, 2.05) is 0 Å². The van der Waals surface area contributed by atoms with Gasteiger partial charge in [0.25, 0.3) is 0 Å². The van der Waals surface area contributed by atoms with Crippen molar-refractivity contribution in [2.24, 2.45) is 5.41 Å². The molecule has 0 aliphatic rings. The smallest absolute Gasteiger partial charge is 0.212 e. The molecule has 0 spiro atoms. The number of rotatable bonds is 4. The van der Waals surface area contributed by atoms with Crippen LogP contribution in [0.1, 0.15) is 20.8 Å². The van der Waals surface area contributed by atoms with E-state index in [0.717, 1.165) is 0 Å². The van der Waals surface area contributed by atoms with Gasteiger partial charge >= 0.3 is 0 Å². The topological polar surface area (TPSA) is 43.4 Å². The molecule has 1 aromatic carbocycles. The largest absolute Gasteiger partial charge is 0.475 e. The van der Waals surface area contributed by atoms with E-state index in [2.05, 4.69) is 0 Å². The van der Waals surface area contributed by atoms with Crippen molar-refractivity contribution in [3.8, 4) is 5.75 Å². The van der Waals surface area contributed by atoms with Crippen LogP contribution in [0.25, 0.3) is 0 Å². The summed E-state index contributed by atoms with van der Waals surface area (Å²) in [4.78, 5) is 22.7. The van der Waals surface area contributed by atoms with E-state index in [1.54, 1.807) is 20.8 Å². The zero-order valence-electron chi connectivity index (χ0n) is 10.1. The fourth-order valence-corrected chi connectivity index (χ4v) is 1.23. The molecule has 0 amide bonds. The molecule has 0 aliphatic carbocycles. The Morgan fingerprint density at radius 3 is 2.24 bits per heavy atom. The number of hydrogen-bond acceptors (Lipinski definition) is 3. The third-order valence-corrected chi connectivity index (χ3v) is 2.20. The molecule has 0 aromatic heterocycles. The quantitative estimate of drug-likeness (QED) is 0.597. The molecule has 4 heteroatoms. The van der Waals surface area contributed by atoms with Crippen LogP contribution in [0, 0.1) is 11.2 Å². The van der Waals surface area contributed by atoms with Crippen molar-refractivity contribution < 1.29 is 18.7 Å². The average molecular weight is 238 g/mol. The first kappa shape index (κ1) is 13.4. The molecule has 0 fully saturated rings. The molecule has 0 saturated heterocycles. The van der Waals surface area contributed by atoms with E-state index in [9.17, 15) is 14.0 Å². The number of ketones is 1. The number of aldehydes is 1. The van der Waals surface area contributed by atoms with Crippen molar-refractivity contribution in [3.05, 3.63) is 30.1 Å². The van der Waals surface area contributed by atoms with Gasteiger partial charge in [-0.3, -0.25) is 9.59 Å². The highest BCUT2D eigenvalue weighted by atomic mass is 19.1. The molecule has 1 rings (SSSR count). The zero-order valence-corrected chi connectivity index (χ0v) is 10.1. The summed E-state index contributed by atoms with van der Waals surface area (Å²) in [6.45, 7) is 5.12. The van der Waals surface area contributed by atoms with Gasteiger partial charge in [-0.15, -0.1) is 0 Å². The Morgan fingerprint density at radius 2 is 1.82 bits per heavy atom. The molecule has 3 nitrogen and oxygen atoms in total. The van der Waals surface area contributed by atoms with Crippen LogP contribution in [0.5, 0.6) is 5.75 Å². The van der Waals surface area contributed by atoms with Crippen molar-refractivity contribution in [2.45, 2.75) is 26.9 Å². The highest BCUT2D eigenvalue weighted by Crippen LogP contribution is 2.20. The Morgan fingerprint density at radius 1 is 1.29 bits per heavy atom. The summed E-state index contributed by atoms with van der Waals surface area (Å²) < 4.78 is 17.9. The van der Waals surface area contributed by atoms with Crippen LogP contribution in [0.3, 0.4) is 0 Å². The van der Waals surface area contributed by atoms with Crippen LogP contribution < -0.4 is 4.74 Å². The first-order valence-corrected chi connectivity index (χ1v) is 5.26. The maximum absolute atomic E-state index is 12.7. The van der Waals surface area contributed by atoms with E-state index in [0.29, 0.717) is 12.0 Å². The summed E-state index contributed by atoms with van der Waals surface area (Å²) in [5.74, 6) is -0.417. The van der Waals surface area contributed by atoms with E-state index < -0.39 is 17.3 Å². The third-order valence-electron chi connectivity index (χ3n) is 2.20. The lowest BCUT2D eigenvalue weighted by atomic mass is 9.88. The number of benzene rings is 1. The van der Waals surface area contributed by atoms with Gasteiger partial charge in [-0.05, 0) is 24.3 Å². The van der Waals surface area contributed by atoms with Crippen LogP contribution in [0.15, 0.2) is 24.3 Å². The summed E-state index contributed by atoms with van der Waals surface area (Å²) in [6, 6.07) is 5.17. The van der Waals surface area contributed by atoms with Crippen LogP contribution in [-0.2, 0) is 9.59 Å². The molecule has 1 unspecified atom stereocenters. The molecule has 0 heterocycles. The first-order valence-electron chi connectivity index (χ1n) is 5.26. The number of hydrogen-bond donors (Lipinski definition) is 0. The normalized spacial score (nSPS) is 12.9. The second-order valence-electron chi connectivity index (χ2n) is 4.74. The fraction of sp³-hybridized carbons (Fsp3) is 0.385. The highest BCUT2D eigenvalue weighted by Gasteiger charge is 2.30. The van der Waals surface area contributed by atoms with Crippen LogP contribution in [0.4, 0.5) is 4.39 Å². The zero-order chi connectivity index (χ0) is 13.1. The number of carbonyl (C=O) groups is 2. The Kier molecular flexibility index (Phi) is 3.99. The molecule has 0 bridgehead atoms. The van der Waals surface area contributed by atoms with Gasteiger partial charge in [0.1, 0.15) is 11.6 Å². The second-order valence-corrected chi connectivity index (χ2v) is 4.74. The van der Waals surface area contributed by atoms with Gasteiger partial charge < -0.3 is 4.74 Å². The average Bonchev–Trinajstić information content (AvgIpc) is 2.26. The first-order chi connectivity index (χ1) is 7.84. The summed E-state index contributed by atoms with van der Waals surface area (Å²) in [6.07, 6.45) is -0.697. The standard InChI is InChI=1S/C13H15FO3/c1-13(2,3)12(16)11(8-15)17-10-6-4-9(14)5-7-10/h4-8,11H,1-3H3. The lowest BCUT2D eigenvalue weighted by Crippen LogP contribution is -2.37. The number of ether oxygens (including phenoxy) is 1. The van der Waals surface area contributed by atoms with E-state index in [-0.39, 0.29) is 5.78 Å². The van der Waals surface area contributed by atoms with Gasteiger partial charge in [-0.1, -0.05) is 20.8 Å². The monoisotopic (exact) mass is 238 g/mol. The third kappa shape index (κ3) is 3.66. The molecule has 92 valence electrons. The minimum Gasteiger partial charge on any atom is -0.475 e. The lowest BCUT2D eigenvalue weighted by Gasteiger charge is -2.21. The van der Waals surface area contributed by atoms with Gasteiger partial charge in [-0.2, -0.15) is 0 Å². The van der Waals surface area contributed by atoms with E-state index in [4.69, 9.17) is 4.74 Å². The molecule has 0 radical (unpaired) electrons. The SMILES string of the molecule is CC(C)(C)C(=O)C(C=O)Oc1ccc(F)cc1. The summed E-state index contributed by atoms with van der Waals surface area (Å²) in [7, 11) is 0. The predicted molar refractivity (Wildman–Crippen MR) is 61.3 cm³/mol. The second kappa shape index (κ2) is 5.08. The highest BCUT2D eigenvalue weighted by molar-refractivity contribution is 5.99. The Hall–Kier alpha value is -1.71. The van der Waals surface area contributed by atoms with Gasteiger partial charge in [0.15, 0.2) is 12.1 Å². The van der Waals surface area contributed by atoms with Gasteiger partial charge in [-0.25, -0.2) is 4.39 Å². The summed E-state index contributed by atoms with van der Waals surface area (Å²) >= 11 is 0. The molecule has 17 heavy (non-hydrogen) atoms. The molecule has 0 aliphatic heterocycles. The minimum atomic E-state index is -1.15. The Labute approximate surface area is 99.6 Å². The number of carbonyl (C=O) groups excluding carboxylic acids is 2. The molecular weight excluding hydrogens is 223 g/mol. The maximum atomic E-state index is 12.7. The van der Waals surface area contributed by atoms with Crippen molar-refractivity contribution in [1.29, 1.82) is 0 Å². The maximum Gasteiger partial charge on any atom is 0.212 e. The lowest BCUT2D eigenvalue weighted by molar-refractivity contribution is -0.137. The summed E-state index contributed by atoms with van der Waals surface area (Å²) in [5.41, 5.74) is -0.661. The molecule has 0 N–H and O–H groups in total. The van der Waals surface area contributed by atoms with E-state index in [1.165, 1.54) is 24.3 Å². The fourth-order valence-electron chi connectivity index (χ4n) is 1.23. The van der Waals surface area contributed by atoms with Crippen molar-refractivity contribution >= 4 is 12.1 Å². The van der Waals surface area contributed by atoms with Crippen LogP contribution in [-0.4, -0.2) is 18.2 Å². The number of halogens is 1. The molecule has 1 atom stereocenters. The van der Waals surface area contributed by atoms with Crippen LogP contribution in [0.2, 0.25) is 0 Å². The van der Waals surface area contributed by atoms with Gasteiger partial charge in [0.05, 0.1) is 0 Å². The van der Waals surface area contributed by atoms with E-state index >= 15 is 0 Å². The Balaban J connectivity index is 2.81.